The lowest BCUT2D eigenvalue weighted by Gasteiger charge is -2.12. The summed E-state index contributed by atoms with van der Waals surface area (Å²) in [6, 6.07) is 58.3. The molecule has 5 aromatic heterocycles. The molecule has 5 heterocycles. The third-order valence-corrected chi connectivity index (χ3v) is 10.9. The lowest BCUT2D eigenvalue weighted by Crippen LogP contribution is -2.01. The summed E-state index contributed by atoms with van der Waals surface area (Å²) in [6.45, 7) is 0. The Kier molecular flexibility index (Phi) is 6.79. The molecule has 0 unspecified atom stereocenters. The third-order valence-electron chi connectivity index (χ3n) is 10.9. The van der Waals surface area contributed by atoms with Gasteiger partial charge in [-0.05, 0) is 65.7 Å². The Hall–Kier alpha value is -7.90. The SMILES string of the molecule is c1cc(-c2cccc(-n3c4ccccc4c4ccccc43)c2)cc(-c2nc(-c3ccc4c(c3)oc3ccccc34)nc(-c3cc4oc5ccccc5c4cn3)n2)c1. The molecule has 0 atom stereocenters. The predicted octanol–water partition coefficient (Wildman–Crippen LogP) is 12.8. The molecule has 266 valence electrons. The van der Waals surface area contributed by atoms with E-state index in [1.54, 1.807) is 0 Å². The van der Waals surface area contributed by atoms with E-state index in [9.17, 15) is 0 Å². The molecule has 0 aliphatic carbocycles. The van der Waals surface area contributed by atoms with Gasteiger partial charge in [-0.2, -0.15) is 0 Å². The first-order chi connectivity index (χ1) is 28.2. The fourth-order valence-electron chi connectivity index (χ4n) is 8.22. The van der Waals surface area contributed by atoms with E-state index in [4.69, 9.17) is 28.8 Å². The van der Waals surface area contributed by atoms with Crippen LogP contribution in [0.4, 0.5) is 0 Å². The van der Waals surface area contributed by atoms with Gasteiger partial charge in [0, 0.05) is 61.4 Å². The van der Waals surface area contributed by atoms with Crippen molar-refractivity contribution in [1.82, 2.24) is 24.5 Å². The molecular weight excluding hydrogens is 703 g/mol. The number of fused-ring (bicyclic) bond motifs is 9. The van der Waals surface area contributed by atoms with Crippen LogP contribution in [-0.4, -0.2) is 24.5 Å². The van der Waals surface area contributed by atoms with Gasteiger partial charge in [0.2, 0.25) is 0 Å². The maximum atomic E-state index is 6.27. The van der Waals surface area contributed by atoms with E-state index in [1.165, 1.54) is 21.8 Å². The van der Waals surface area contributed by atoms with Crippen LogP contribution in [0, 0.1) is 0 Å². The Labute approximate surface area is 325 Å². The number of hydrogen-bond donors (Lipinski definition) is 0. The average molecular weight is 732 g/mol. The van der Waals surface area contributed by atoms with Crippen molar-refractivity contribution in [3.63, 3.8) is 0 Å². The van der Waals surface area contributed by atoms with Crippen LogP contribution in [0.15, 0.2) is 185 Å². The second kappa shape index (κ2) is 12.3. The van der Waals surface area contributed by atoms with Gasteiger partial charge in [0.1, 0.15) is 28.0 Å². The van der Waals surface area contributed by atoms with Crippen LogP contribution >= 0.6 is 0 Å². The first-order valence-corrected chi connectivity index (χ1v) is 18.9. The molecule has 7 nitrogen and oxygen atoms in total. The highest BCUT2D eigenvalue weighted by Gasteiger charge is 2.18. The molecule has 0 aliphatic rings. The average Bonchev–Trinajstić information content (AvgIpc) is 3.95. The molecule has 0 saturated heterocycles. The van der Waals surface area contributed by atoms with Gasteiger partial charge in [-0.25, -0.2) is 15.0 Å². The molecule has 57 heavy (non-hydrogen) atoms. The van der Waals surface area contributed by atoms with Gasteiger partial charge >= 0.3 is 0 Å². The molecule has 0 N–H and O–H groups in total. The quantitative estimate of drug-likeness (QED) is 0.175. The van der Waals surface area contributed by atoms with Gasteiger partial charge in [0.05, 0.1) is 11.0 Å². The second-order valence-electron chi connectivity index (χ2n) is 14.3. The first-order valence-electron chi connectivity index (χ1n) is 18.9. The number of nitrogens with zero attached hydrogens (tertiary/aromatic N) is 5. The van der Waals surface area contributed by atoms with Crippen molar-refractivity contribution in [2.75, 3.05) is 0 Å². The zero-order valence-electron chi connectivity index (χ0n) is 30.3. The summed E-state index contributed by atoms with van der Waals surface area (Å²) in [5, 5.41) is 6.53. The molecule has 0 fully saturated rings. The highest BCUT2D eigenvalue weighted by molar-refractivity contribution is 6.09. The Morgan fingerprint density at radius 2 is 0.877 bits per heavy atom. The van der Waals surface area contributed by atoms with Crippen LogP contribution < -0.4 is 0 Å². The first kappa shape index (κ1) is 31.5. The van der Waals surface area contributed by atoms with E-state index in [0.717, 1.165) is 71.8 Å². The second-order valence-corrected chi connectivity index (χ2v) is 14.3. The number of rotatable bonds is 5. The van der Waals surface area contributed by atoms with Crippen molar-refractivity contribution >= 4 is 65.7 Å². The zero-order chi connectivity index (χ0) is 37.5. The third kappa shape index (κ3) is 5.06. The fourth-order valence-corrected chi connectivity index (χ4v) is 8.22. The summed E-state index contributed by atoms with van der Waals surface area (Å²) >= 11 is 0. The van der Waals surface area contributed by atoms with Crippen LogP contribution in [0.25, 0.3) is 117 Å². The van der Waals surface area contributed by atoms with E-state index in [1.807, 2.05) is 72.9 Å². The Morgan fingerprint density at radius 1 is 0.351 bits per heavy atom. The zero-order valence-corrected chi connectivity index (χ0v) is 30.3. The largest absolute Gasteiger partial charge is 0.456 e. The maximum absolute atomic E-state index is 6.27. The van der Waals surface area contributed by atoms with Crippen molar-refractivity contribution < 1.29 is 8.83 Å². The minimum absolute atomic E-state index is 0.445. The van der Waals surface area contributed by atoms with Crippen molar-refractivity contribution in [3.8, 4) is 51.1 Å². The molecule has 0 spiro atoms. The van der Waals surface area contributed by atoms with Gasteiger partial charge in [-0.1, -0.05) is 109 Å². The predicted molar refractivity (Wildman–Crippen MR) is 228 cm³/mol. The van der Waals surface area contributed by atoms with E-state index < -0.39 is 0 Å². The van der Waals surface area contributed by atoms with E-state index in [0.29, 0.717) is 23.2 Å². The number of aromatic nitrogens is 5. The van der Waals surface area contributed by atoms with Crippen LogP contribution in [0.3, 0.4) is 0 Å². The van der Waals surface area contributed by atoms with Gasteiger partial charge < -0.3 is 13.4 Å². The summed E-state index contributed by atoms with van der Waals surface area (Å²) in [5.74, 6) is 1.50. The fraction of sp³-hybridized carbons (Fsp3) is 0. The highest BCUT2D eigenvalue weighted by Crippen LogP contribution is 2.36. The number of pyridine rings is 1. The Bertz CT molecular complexity index is 3370. The van der Waals surface area contributed by atoms with Crippen LogP contribution in [-0.2, 0) is 0 Å². The highest BCUT2D eigenvalue weighted by atomic mass is 16.3. The molecule has 7 aromatic carbocycles. The van der Waals surface area contributed by atoms with E-state index in [2.05, 4.69) is 108 Å². The van der Waals surface area contributed by atoms with Gasteiger partial charge in [0.15, 0.2) is 17.5 Å². The molecule has 0 aliphatic heterocycles. The number of para-hydroxylation sites is 4. The molecule has 0 bridgehead atoms. The van der Waals surface area contributed by atoms with Gasteiger partial charge in [0.25, 0.3) is 0 Å². The lowest BCUT2D eigenvalue weighted by molar-refractivity contribution is 0.668. The Morgan fingerprint density at radius 3 is 1.60 bits per heavy atom. The van der Waals surface area contributed by atoms with Crippen LogP contribution in [0.1, 0.15) is 0 Å². The number of hydrogen-bond acceptors (Lipinski definition) is 6. The van der Waals surface area contributed by atoms with Gasteiger partial charge in [-0.15, -0.1) is 0 Å². The van der Waals surface area contributed by atoms with Crippen LogP contribution in [0.5, 0.6) is 0 Å². The summed E-state index contributed by atoms with van der Waals surface area (Å²) in [4.78, 5) is 20.0. The lowest BCUT2D eigenvalue weighted by atomic mass is 10.0. The number of benzene rings is 7. The number of furan rings is 2. The normalized spacial score (nSPS) is 11.9. The molecule has 0 saturated carbocycles. The molecule has 12 aromatic rings. The molecule has 0 amide bonds. The monoisotopic (exact) mass is 731 g/mol. The standard InChI is InChI=1S/C50H29N5O2/c1-5-19-42-35(15-1)36-16-2-6-20-43(36)55(42)34-14-10-12-31(26-34)30-11-9-13-32(25-30)48-52-49(33-23-24-39-37-17-3-7-21-44(37)56-46(39)27-33)54-50(53-48)41-28-47-40(29-51-41)38-18-4-8-22-45(38)57-47/h1-29H. The van der Waals surface area contributed by atoms with Crippen molar-refractivity contribution in [1.29, 1.82) is 0 Å². The van der Waals surface area contributed by atoms with Crippen LogP contribution in [0.2, 0.25) is 0 Å². The van der Waals surface area contributed by atoms with E-state index >= 15 is 0 Å². The van der Waals surface area contributed by atoms with Crippen molar-refractivity contribution in [2.24, 2.45) is 0 Å². The summed E-state index contributed by atoms with van der Waals surface area (Å²) < 4.78 is 14.9. The summed E-state index contributed by atoms with van der Waals surface area (Å²) in [5.41, 5.74) is 10.9. The summed E-state index contributed by atoms with van der Waals surface area (Å²) in [6.07, 6.45) is 1.84. The minimum Gasteiger partial charge on any atom is -0.456 e. The molecular formula is C50H29N5O2. The molecule has 0 radical (unpaired) electrons. The van der Waals surface area contributed by atoms with E-state index in [-0.39, 0.29) is 0 Å². The molecule has 7 heteroatoms. The molecule has 12 rings (SSSR count). The maximum Gasteiger partial charge on any atom is 0.182 e. The van der Waals surface area contributed by atoms with Gasteiger partial charge in [-0.3, -0.25) is 4.98 Å². The van der Waals surface area contributed by atoms with Crippen molar-refractivity contribution in [2.45, 2.75) is 0 Å². The topological polar surface area (TPSA) is 82.8 Å². The summed E-state index contributed by atoms with van der Waals surface area (Å²) in [7, 11) is 0. The van der Waals surface area contributed by atoms with Crippen molar-refractivity contribution in [3.05, 3.63) is 176 Å². The minimum atomic E-state index is 0.445. The Balaban J connectivity index is 1.00. The smallest absolute Gasteiger partial charge is 0.182 e.